The number of carboxylic acid groups (broad SMARTS) is 1. The van der Waals surface area contributed by atoms with Crippen LogP contribution in [0.2, 0.25) is 0 Å². The van der Waals surface area contributed by atoms with Crippen LogP contribution in [-0.2, 0) is 30.5 Å². The van der Waals surface area contributed by atoms with E-state index in [4.69, 9.17) is 9.84 Å². The van der Waals surface area contributed by atoms with E-state index in [1.807, 2.05) is 6.07 Å². The number of hydrogen-bond acceptors (Lipinski definition) is 7. The number of hydrogen-bond donors (Lipinski definition) is 4. The first-order valence-electron chi connectivity index (χ1n) is 8.62. The number of alkyl carbamates (subject to hydrolysis) is 1. The number of esters is 1. The Morgan fingerprint density at radius 3 is 2.36 bits per heavy atom. The maximum Gasteiger partial charge on any atom is 0.407 e. The molecule has 0 heterocycles. The molecule has 0 fully saturated rings. The van der Waals surface area contributed by atoms with Gasteiger partial charge in [0.2, 0.25) is 5.91 Å². The molecule has 2 atom stereocenters. The molecule has 0 aliphatic carbocycles. The van der Waals surface area contributed by atoms with Gasteiger partial charge in [0.25, 0.3) is 0 Å². The zero-order valence-corrected chi connectivity index (χ0v) is 15.4. The van der Waals surface area contributed by atoms with E-state index in [1.165, 1.54) is 0 Å². The quantitative estimate of drug-likeness (QED) is 0.387. The molecule has 0 aliphatic heterocycles. The van der Waals surface area contributed by atoms with Crippen molar-refractivity contribution in [2.45, 2.75) is 38.5 Å². The van der Waals surface area contributed by atoms with Crippen LogP contribution in [0.1, 0.15) is 25.3 Å². The Morgan fingerprint density at radius 1 is 1.07 bits per heavy atom. The molecule has 1 aromatic rings. The number of rotatable bonds is 11. The van der Waals surface area contributed by atoms with Gasteiger partial charge >= 0.3 is 18.0 Å². The van der Waals surface area contributed by atoms with Crippen molar-refractivity contribution in [2.75, 3.05) is 13.2 Å². The van der Waals surface area contributed by atoms with Gasteiger partial charge in [0.05, 0.1) is 25.6 Å². The Bertz CT molecular complexity index is 665. The highest BCUT2D eigenvalue weighted by Gasteiger charge is 2.25. The van der Waals surface area contributed by atoms with E-state index in [2.05, 4.69) is 15.4 Å². The van der Waals surface area contributed by atoms with Crippen LogP contribution in [0, 0.1) is 0 Å². The summed E-state index contributed by atoms with van der Waals surface area (Å²) < 4.78 is 9.60. The number of aliphatic hydroxyl groups excluding tert-OH is 1. The van der Waals surface area contributed by atoms with Gasteiger partial charge in [-0.25, -0.2) is 9.59 Å². The molecule has 0 saturated carbocycles. The van der Waals surface area contributed by atoms with E-state index >= 15 is 0 Å². The van der Waals surface area contributed by atoms with Crippen LogP contribution >= 0.6 is 0 Å². The molecule has 0 aliphatic rings. The minimum Gasteiger partial charge on any atom is -0.480 e. The molecule has 154 valence electrons. The van der Waals surface area contributed by atoms with E-state index in [9.17, 15) is 24.3 Å². The van der Waals surface area contributed by atoms with Crippen LogP contribution in [0.3, 0.4) is 0 Å². The summed E-state index contributed by atoms with van der Waals surface area (Å²) in [5, 5.41) is 23.3. The molecular formula is C18H24N2O8. The number of ether oxygens (including phenoxy) is 2. The first kappa shape index (κ1) is 22.9. The molecule has 0 bridgehead atoms. The smallest absolute Gasteiger partial charge is 0.407 e. The summed E-state index contributed by atoms with van der Waals surface area (Å²) >= 11 is 0. The number of amides is 2. The Kier molecular flexibility index (Phi) is 10.0. The molecule has 0 saturated heterocycles. The van der Waals surface area contributed by atoms with Crippen molar-refractivity contribution in [1.29, 1.82) is 0 Å². The van der Waals surface area contributed by atoms with Crippen molar-refractivity contribution in [1.82, 2.24) is 10.6 Å². The van der Waals surface area contributed by atoms with Crippen LogP contribution < -0.4 is 10.6 Å². The Balaban J connectivity index is 2.33. The van der Waals surface area contributed by atoms with Gasteiger partial charge in [0.1, 0.15) is 12.6 Å². The largest absolute Gasteiger partial charge is 0.480 e. The van der Waals surface area contributed by atoms with E-state index < -0.39 is 48.9 Å². The maximum atomic E-state index is 11.8. The van der Waals surface area contributed by atoms with Gasteiger partial charge in [0.15, 0.2) is 0 Å². The molecule has 10 heteroatoms. The number of aliphatic carboxylic acids is 1. The number of carboxylic acids is 1. The lowest BCUT2D eigenvalue weighted by molar-refractivity contribution is -0.150. The summed E-state index contributed by atoms with van der Waals surface area (Å²) in [6, 6.07) is 7.51. The van der Waals surface area contributed by atoms with Gasteiger partial charge in [-0.15, -0.1) is 0 Å². The maximum absolute atomic E-state index is 11.8. The molecule has 4 N–H and O–H groups in total. The normalized spacial score (nSPS) is 12.4. The van der Waals surface area contributed by atoms with Crippen molar-refractivity contribution in [3.05, 3.63) is 35.9 Å². The Morgan fingerprint density at radius 2 is 1.75 bits per heavy atom. The lowest BCUT2D eigenvalue weighted by atomic mass is 10.2. The van der Waals surface area contributed by atoms with Gasteiger partial charge in [0, 0.05) is 6.54 Å². The van der Waals surface area contributed by atoms with Crippen molar-refractivity contribution < 1.29 is 38.9 Å². The second-order valence-electron chi connectivity index (χ2n) is 5.77. The average molecular weight is 396 g/mol. The molecule has 1 aromatic carbocycles. The van der Waals surface area contributed by atoms with Gasteiger partial charge < -0.3 is 30.3 Å². The van der Waals surface area contributed by atoms with Crippen molar-refractivity contribution >= 4 is 23.9 Å². The zero-order valence-electron chi connectivity index (χ0n) is 15.4. The van der Waals surface area contributed by atoms with E-state index in [1.54, 1.807) is 31.2 Å². The van der Waals surface area contributed by atoms with Crippen LogP contribution in [0.4, 0.5) is 4.79 Å². The second kappa shape index (κ2) is 12.3. The first-order chi connectivity index (χ1) is 13.3. The Hall–Kier alpha value is -3.14. The Labute approximate surface area is 161 Å². The van der Waals surface area contributed by atoms with Crippen molar-refractivity contribution in [3.63, 3.8) is 0 Å². The lowest BCUT2D eigenvalue weighted by Gasteiger charge is -2.16. The highest BCUT2D eigenvalue weighted by Crippen LogP contribution is 2.01. The third-order valence-electron chi connectivity index (χ3n) is 3.43. The standard InChI is InChI=1S/C18H24N2O8/c1-2-27-16(23)9-14(17(24)25)20-15(22)8-13(21)10-19-18(26)28-11-12-6-4-3-5-7-12/h3-7,13-14,21H,2,8-11H2,1H3,(H,19,26)(H,20,22)(H,24,25)/t13-,14-/m1/s1. The third kappa shape index (κ3) is 9.53. The van der Waals surface area contributed by atoms with Gasteiger partial charge in [-0.05, 0) is 12.5 Å². The van der Waals surface area contributed by atoms with Crippen LogP contribution in [-0.4, -0.2) is 59.4 Å². The molecule has 0 aromatic heterocycles. The number of carbonyl (C=O) groups is 4. The fourth-order valence-corrected chi connectivity index (χ4v) is 2.10. The highest BCUT2D eigenvalue weighted by molar-refractivity contribution is 5.87. The molecule has 28 heavy (non-hydrogen) atoms. The summed E-state index contributed by atoms with van der Waals surface area (Å²) in [6.07, 6.45) is -3.03. The monoisotopic (exact) mass is 396 g/mol. The predicted octanol–water partition coefficient (Wildman–Crippen LogP) is 0.186. The fourth-order valence-electron chi connectivity index (χ4n) is 2.10. The van der Waals surface area contributed by atoms with Crippen LogP contribution in [0.5, 0.6) is 0 Å². The number of aliphatic hydroxyl groups is 1. The fraction of sp³-hybridized carbons (Fsp3) is 0.444. The summed E-state index contributed by atoms with van der Waals surface area (Å²) in [6.45, 7) is 1.44. The van der Waals surface area contributed by atoms with E-state index in [-0.39, 0.29) is 19.8 Å². The lowest BCUT2D eigenvalue weighted by Crippen LogP contribution is -2.44. The highest BCUT2D eigenvalue weighted by atomic mass is 16.5. The summed E-state index contributed by atoms with van der Waals surface area (Å²) in [5.41, 5.74) is 0.791. The van der Waals surface area contributed by atoms with E-state index in [0.717, 1.165) is 5.56 Å². The SMILES string of the molecule is CCOC(=O)C[C@@H](NC(=O)C[C@@H](O)CNC(=O)OCc1ccccc1)C(=O)O. The number of carbonyl (C=O) groups excluding carboxylic acids is 3. The van der Waals surface area contributed by atoms with Gasteiger partial charge in [-0.2, -0.15) is 0 Å². The first-order valence-corrected chi connectivity index (χ1v) is 8.62. The zero-order chi connectivity index (χ0) is 20.9. The van der Waals surface area contributed by atoms with Crippen molar-refractivity contribution in [3.8, 4) is 0 Å². The molecule has 0 unspecified atom stereocenters. The van der Waals surface area contributed by atoms with Crippen molar-refractivity contribution in [2.24, 2.45) is 0 Å². The minimum absolute atomic E-state index is 0.0530. The summed E-state index contributed by atoms with van der Waals surface area (Å²) in [7, 11) is 0. The predicted molar refractivity (Wildman–Crippen MR) is 96.1 cm³/mol. The van der Waals surface area contributed by atoms with Crippen LogP contribution in [0.15, 0.2) is 30.3 Å². The molecule has 0 spiro atoms. The number of benzene rings is 1. The summed E-state index contributed by atoms with van der Waals surface area (Å²) in [5.74, 6) is -2.96. The topological polar surface area (TPSA) is 151 Å². The average Bonchev–Trinajstić information content (AvgIpc) is 2.65. The summed E-state index contributed by atoms with van der Waals surface area (Å²) in [4.78, 5) is 45.9. The number of nitrogens with one attached hydrogen (secondary N) is 2. The molecule has 0 radical (unpaired) electrons. The van der Waals surface area contributed by atoms with Crippen LogP contribution in [0.25, 0.3) is 0 Å². The molecule has 2 amide bonds. The van der Waals surface area contributed by atoms with Gasteiger partial charge in [-0.3, -0.25) is 9.59 Å². The molecule has 1 rings (SSSR count). The second-order valence-corrected chi connectivity index (χ2v) is 5.77. The van der Waals surface area contributed by atoms with E-state index in [0.29, 0.717) is 0 Å². The minimum atomic E-state index is -1.47. The third-order valence-corrected chi connectivity index (χ3v) is 3.43. The van der Waals surface area contributed by atoms with Gasteiger partial charge in [-0.1, -0.05) is 30.3 Å². The molecular weight excluding hydrogens is 372 g/mol. The molecule has 10 nitrogen and oxygen atoms in total.